The molecule has 1 fully saturated rings. The maximum absolute atomic E-state index is 13.4. The molecule has 0 saturated heterocycles. The van der Waals surface area contributed by atoms with E-state index < -0.39 is 60.8 Å². The molecule has 0 bridgehead atoms. The molecule has 30 heavy (non-hydrogen) atoms. The molecule has 0 aromatic heterocycles. The highest BCUT2D eigenvalue weighted by Gasteiger charge is 2.41. The van der Waals surface area contributed by atoms with Gasteiger partial charge in [0.25, 0.3) is 0 Å². The van der Waals surface area contributed by atoms with E-state index in [2.05, 4.69) is 4.74 Å². The highest BCUT2D eigenvalue weighted by atomic mass is 19.4. The molecule has 1 saturated carbocycles. The Morgan fingerprint density at radius 1 is 1.27 bits per heavy atom. The summed E-state index contributed by atoms with van der Waals surface area (Å²) in [6.07, 6.45) is -7.37. The summed E-state index contributed by atoms with van der Waals surface area (Å²) in [5, 5.41) is 19.4. The first-order valence-electron chi connectivity index (χ1n) is 9.51. The Balaban J connectivity index is 2.05. The summed E-state index contributed by atoms with van der Waals surface area (Å²) in [4.78, 5) is 12.1. The van der Waals surface area contributed by atoms with Crippen LogP contribution < -0.4 is 16.0 Å². The molecule has 5 N–H and O–H groups in total. The fourth-order valence-electron chi connectivity index (χ4n) is 3.78. The van der Waals surface area contributed by atoms with E-state index in [0.717, 1.165) is 6.07 Å². The summed E-state index contributed by atoms with van der Waals surface area (Å²) < 4.78 is 68.4. The van der Waals surface area contributed by atoms with Crippen molar-refractivity contribution in [1.29, 1.82) is 0 Å². The first-order valence-corrected chi connectivity index (χ1v) is 9.51. The number of benzene rings is 1. The Morgan fingerprint density at radius 3 is 2.43 bits per heavy atom. The van der Waals surface area contributed by atoms with Crippen LogP contribution in [0.3, 0.4) is 0 Å². The number of para-hydroxylation sites is 1. The second kappa shape index (κ2) is 9.88. The minimum Gasteiger partial charge on any atom is -0.406 e. The maximum Gasteiger partial charge on any atom is 0.573 e. The van der Waals surface area contributed by atoms with Crippen molar-refractivity contribution in [2.24, 2.45) is 17.6 Å². The smallest absolute Gasteiger partial charge is 0.406 e. The number of carbonyl (C=O) groups is 1. The van der Waals surface area contributed by atoms with E-state index >= 15 is 0 Å². The van der Waals surface area contributed by atoms with E-state index in [4.69, 9.17) is 10.9 Å². The number of nitrogens with two attached hydrogens (primary N) is 1. The van der Waals surface area contributed by atoms with Crippen LogP contribution in [0.1, 0.15) is 37.7 Å². The minimum absolute atomic E-state index is 0.0370. The zero-order chi connectivity index (χ0) is 22.5. The predicted molar refractivity (Wildman–Crippen MR) is 95.8 cm³/mol. The van der Waals surface area contributed by atoms with Gasteiger partial charge in [0.2, 0.25) is 11.8 Å². The van der Waals surface area contributed by atoms with Crippen LogP contribution in [-0.4, -0.2) is 40.7 Å². The average Bonchev–Trinajstić information content (AvgIpc) is 2.66. The topological polar surface area (TPSA) is 105 Å². The third-order valence-electron chi connectivity index (χ3n) is 5.42. The molecule has 1 aromatic rings. The summed E-state index contributed by atoms with van der Waals surface area (Å²) >= 11 is 0. The van der Waals surface area contributed by atoms with Gasteiger partial charge in [0.1, 0.15) is 5.75 Å². The van der Waals surface area contributed by atoms with Crippen molar-refractivity contribution in [3.05, 3.63) is 29.8 Å². The Labute approximate surface area is 170 Å². The minimum atomic E-state index is -4.90. The fraction of sp³-hybridized carbons (Fsp3) is 0.632. The fourth-order valence-corrected chi connectivity index (χ4v) is 3.78. The van der Waals surface area contributed by atoms with Gasteiger partial charge in [-0.3, -0.25) is 10.0 Å². The van der Waals surface area contributed by atoms with E-state index in [1.54, 1.807) is 0 Å². The van der Waals surface area contributed by atoms with Crippen LogP contribution in [0.4, 0.5) is 22.0 Å². The quantitative estimate of drug-likeness (QED) is 0.282. The number of aliphatic hydroxyl groups is 1. The monoisotopic (exact) mass is 440 g/mol. The van der Waals surface area contributed by atoms with Gasteiger partial charge < -0.3 is 15.6 Å². The van der Waals surface area contributed by atoms with Crippen LogP contribution in [0.25, 0.3) is 0 Å². The lowest BCUT2D eigenvalue weighted by Gasteiger charge is -2.34. The van der Waals surface area contributed by atoms with Crippen molar-refractivity contribution < 1.29 is 41.8 Å². The van der Waals surface area contributed by atoms with Gasteiger partial charge in [-0.1, -0.05) is 18.2 Å². The predicted octanol–water partition coefficient (Wildman–Crippen LogP) is 3.15. The zero-order valence-corrected chi connectivity index (χ0v) is 16.0. The second-order valence-corrected chi connectivity index (χ2v) is 7.60. The molecule has 11 heteroatoms. The lowest BCUT2D eigenvalue weighted by Crippen LogP contribution is -2.43. The molecule has 1 aliphatic rings. The molecule has 0 heterocycles. The van der Waals surface area contributed by atoms with Crippen LogP contribution in [0.15, 0.2) is 24.3 Å². The normalized spacial score (nSPS) is 20.3. The first kappa shape index (κ1) is 24.3. The first-order chi connectivity index (χ1) is 13.9. The maximum atomic E-state index is 13.4. The highest BCUT2D eigenvalue weighted by molar-refractivity contribution is 5.77. The SMILES string of the molecule is NC(Cc1ccccc1OC(F)(F)F)C(O)CC(C(=O)NO)C1CCC(F)(F)CC1. The van der Waals surface area contributed by atoms with Gasteiger partial charge in [-0.25, -0.2) is 14.3 Å². The van der Waals surface area contributed by atoms with E-state index in [1.165, 1.54) is 23.7 Å². The molecule has 0 spiro atoms. The lowest BCUT2D eigenvalue weighted by atomic mass is 9.75. The van der Waals surface area contributed by atoms with Crippen molar-refractivity contribution in [2.45, 2.75) is 63.0 Å². The third-order valence-corrected chi connectivity index (χ3v) is 5.42. The lowest BCUT2D eigenvalue weighted by molar-refractivity contribution is -0.274. The largest absolute Gasteiger partial charge is 0.573 e. The van der Waals surface area contributed by atoms with Crippen molar-refractivity contribution in [2.75, 3.05) is 0 Å². The number of halogens is 5. The number of carbonyl (C=O) groups excluding carboxylic acids is 1. The summed E-state index contributed by atoms with van der Waals surface area (Å²) in [6, 6.07) is 4.28. The summed E-state index contributed by atoms with van der Waals surface area (Å²) in [7, 11) is 0. The number of amides is 1. The number of hydrogen-bond acceptors (Lipinski definition) is 5. The van der Waals surface area contributed by atoms with E-state index in [1.807, 2.05) is 0 Å². The van der Waals surface area contributed by atoms with Crippen molar-refractivity contribution in [1.82, 2.24) is 5.48 Å². The highest BCUT2D eigenvalue weighted by Crippen LogP contribution is 2.40. The van der Waals surface area contributed by atoms with Crippen LogP contribution in [0.5, 0.6) is 5.75 Å². The van der Waals surface area contributed by atoms with Crippen LogP contribution in [0, 0.1) is 11.8 Å². The van der Waals surface area contributed by atoms with E-state index in [0.29, 0.717) is 0 Å². The van der Waals surface area contributed by atoms with Crippen LogP contribution >= 0.6 is 0 Å². The van der Waals surface area contributed by atoms with Gasteiger partial charge in [0.15, 0.2) is 0 Å². The van der Waals surface area contributed by atoms with E-state index in [9.17, 15) is 31.9 Å². The van der Waals surface area contributed by atoms with Crippen molar-refractivity contribution in [3.8, 4) is 5.75 Å². The Bertz CT molecular complexity index is 706. The van der Waals surface area contributed by atoms with Gasteiger partial charge in [0.05, 0.1) is 6.10 Å². The molecule has 1 aliphatic carbocycles. The van der Waals surface area contributed by atoms with E-state index in [-0.39, 0.29) is 31.2 Å². The number of alkyl halides is 5. The average molecular weight is 440 g/mol. The molecule has 2 rings (SSSR count). The Hall–Kier alpha value is -1.98. The summed E-state index contributed by atoms with van der Waals surface area (Å²) in [5.74, 6) is -5.54. The van der Waals surface area contributed by atoms with Crippen molar-refractivity contribution in [3.63, 3.8) is 0 Å². The summed E-state index contributed by atoms with van der Waals surface area (Å²) in [6.45, 7) is 0. The van der Waals surface area contributed by atoms with Gasteiger partial charge in [0, 0.05) is 24.8 Å². The number of nitrogens with one attached hydrogen (secondary N) is 1. The van der Waals surface area contributed by atoms with Crippen molar-refractivity contribution >= 4 is 5.91 Å². The van der Waals surface area contributed by atoms with Crippen LogP contribution in [-0.2, 0) is 11.2 Å². The molecular weight excluding hydrogens is 415 g/mol. The van der Waals surface area contributed by atoms with Gasteiger partial charge in [-0.05, 0) is 43.2 Å². The number of ether oxygens (including phenoxy) is 1. The molecule has 6 nitrogen and oxygen atoms in total. The van der Waals surface area contributed by atoms with Crippen LogP contribution in [0.2, 0.25) is 0 Å². The molecule has 1 amide bonds. The zero-order valence-electron chi connectivity index (χ0n) is 16.0. The molecule has 3 unspecified atom stereocenters. The van der Waals surface area contributed by atoms with Gasteiger partial charge in [-0.2, -0.15) is 0 Å². The molecule has 170 valence electrons. The Kier molecular flexibility index (Phi) is 8.00. The second-order valence-electron chi connectivity index (χ2n) is 7.60. The number of aliphatic hydroxyl groups excluding tert-OH is 1. The standard InChI is InChI=1S/C19H25F5N2O4/c20-18(21)7-5-11(6-8-18)13(17(28)26-29)10-15(27)14(25)9-12-3-1-2-4-16(12)30-19(22,23)24/h1-4,11,13-15,27,29H,5-10,25H2,(H,26,28). The number of hydroxylamine groups is 1. The molecule has 1 aromatic carbocycles. The molecule has 0 aliphatic heterocycles. The molecule has 3 atom stereocenters. The molecule has 0 radical (unpaired) electrons. The number of hydrogen-bond donors (Lipinski definition) is 4. The molecular formula is C19H25F5N2O4. The third kappa shape index (κ3) is 7.06. The Morgan fingerprint density at radius 2 is 1.87 bits per heavy atom. The summed E-state index contributed by atoms with van der Waals surface area (Å²) in [5.41, 5.74) is 7.54. The van der Waals surface area contributed by atoms with Gasteiger partial charge >= 0.3 is 6.36 Å². The van der Waals surface area contributed by atoms with Gasteiger partial charge in [-0.15, -0.1) is 13.2 Å². The number of rotatable bonds is 8.